The maximum Gasteiger partial charge on any atom is 0.144 e. The van der Waals surface area contributed by atoms with E-state index in [1.807, 2.05) is 0 Å². The summed E-state index contributed by atoms with van der Waals surface area (Å²) < 4.78 is 23.7. The summed E-state index contributed by atoms with van der Waals surface area (Å²) in [5, 5.41) is 9.38. The third kappa shape index (κ3) is 7.30. The van der Waals surface area contributed by atoms with Gasteiger partial charge in [0.15, 0.2) is 0 Å². The molecule has 14 aromatic carbocycles. The Morgan fingerprint density at radius 1 is 0.267 bits per heavy atom. The number of anilines is 3. The van der Waals surface area contributed by atoms with Crippen molar-refractivity contribution in [3.8, 4) is 72.4 Å². The number of nitrogens with zero attached hydrogens (tertiary/aromatic N) is 2. The second-order valence-electron chi connectivity index (χ2n) is 31.0. The normalized spacial score (nSPS) is 15.2. The Hall–Kier alpha value is -11.9. The Labute approximate surface area is 584 Å². The van der Waals surface area contributed by atoms with Gasteiger partial charge in [0.1, 0.15) is 33.5 Å². The van der Waals surface area contributed by atoms with E-state index in [9.17, 15) is 0 Å². The molecule has 22 rings (SSSR count). The van der Waals surface area contributed by atoms with Gasteiger partial charge in [-0.2, -0.15) is 0 Å². The lowest BCUT2D eigenvalue weighted by Gasteiger charge is -2.32. The molecule has 0 amide bonds. The van der Waals surface area contributed by atoms with Crippen LogP contribution in [0, 0.1) is 0 Å². The smallest absolute Gasteiger partial charge is 0.144 e. The van der Waals surface area contributed by atoms with Crippen molar-refractivity contribution in [1.29, 1.82) is 0 Å². The predicted octanol–water partition coefficient (Wildman–Crippen LogP) is 26.5. The SMILES string of the molecule is CC1(C)c2cc(N(c3ccc4c(c3)C(C)(C)c3cc(-c5ccc6c7ccccc7n(-c7ccccc7)c6c5)c5oc6ccccc6c5c3-4)c3ccc4c(c3)C(C)(C)c3c5c(c6oc7ccccc7c6c3-4)-c3ccccc3C5(C)C)ccc2-c2c1cc(-c1ccccc1)c1oc3ccccc3c21. The van der Waals surface area contributed by atoms with E-state index in [-0.39, 0.29) is 5.41 Å². The van der Waals surface area contributed by atoms with Gasteiger partial charge in [-0.3, -0.25) is 0 Å². The topological polar surface area (TPSA) is 47.6 Å². The average molecular weight is 1300 g/mol. The van der Waals surface area contributed by atoms with Crippen molar-refractivity contribution in [2.45, 2.75) is 77.0 Å². The zero-order valence-corrected chi connectivity index (χ0v) is 57.5. The van der Waals surface area contributed by atoms with Crippen LogP contribution >= 0.6 is 0 Å². The number of para-hydroxylation sites is 5. The van der Waals surface area contributed by atoms with Gasteiger partial charge < -0.3 is 22.7 Å². The molecule has 0 N–H and O–H groups in total. The molecule has 0 bridgehead atoms. The molecule has 4 aromatic heterocycles. The second kappa shape index (κ2) is 19.5. The van der Waals surface area contributed by atoms with E-state index in [0.717, 1.165) is 106 Å². The van der Waals surface area contributed by atoms with Gasteiger partial charge in [0.2, 0.25) is 0 Å². The van der Waals surface area contributed by atoms with Crippen molar-refractivity contribution in [3.05, 3.63) is 311 Å². The monoisotopic (exact) mass is 1300 g/mol. The van der Waals surface area contributed by atoms with Crippen LogP contribution in [0.3, 0.4) is 0 Å². The van der Waals surface area contributed by atoms with E-state index in [1.165, 1.54) is 116 Å². The average Bonchev–Trinajstić information content (AvgIpc) is 1.51. The first-order chi connectivity index (χ1) is 49.1. The molecule has 5 heteroatoms. The molecule has 0 unspecified atom stereocenters. The summed E-state index contributed by atoms with van der Waals surface area (Å²) in [4.78, 5) is 2.57. The minimum atomic E-state index is -0.446. The fraction of sp³-hybridized carbons (Fsp3) is 0.125. The highest BCUT2D eigenvalue weighted by atomic mass is 16.3. The molecular weight excluding hydrogens is 1230 g/mol. The summed E-state index contributed by atoms with van der Waals surface area (Å²) in [5.74, 6) is 0. The maximum atomic E-state index is 7.20. The number of benzene rings is 14. The molecule has 0 saturated heterocycles. The summed E-state index contributed by atoms with van der Waals surface area (Å²) in [5.41, 5.74) is 35.7. The lowest BCUT2D eigenvalue weighted by molar-refractivity contribution is 0.600. The number of aromatic nitrogens is 1. The van der Waals surface area contributed by atoms with Crippen molar-refractivity contribution in [2.75, 3.05) is 4.90 Å². The fourth-order valence-corrected chi connectivity index (χ4v) is 19.6. The summed E-state index contributed by atoms with van der Waals surface area (Å²) in [6.45, 7) is 19.5. The van der Waals surface area contributed by atoms with Gasteiger partial charge >= 0.3 is 0 Å². The number of hydrogen-bond donors (Lipinski definition) is 0. The second-order valence-corrected chi connectivity index (χ2v) is 31.0. The zero-order valence-electron chi connectivity index (χ0n) is 57.5. The molecule has 5 nitrogen and oxygen atoms in total. The van der Waals surface area contributed by atoms with E-state index in [1.54, 1.807) is 0 Å². The first-order valence-corrected chi connectivity index (χ1v) is 35.6. The molecule has 101 heavy (non-hydrogen) atoms. The van der Waals surface area contributed by atoms with E-state index in [0.29, 0.717) is 0 Å². The van der Waals surface area contributed by atoms with E-state index in [2.05, 4.69) is 332 Å². The van der Waals surface area contributed by atoms with Gasteiger partial charge in [-0.1, -0.05) is 231 Å². The fourth-order valence-electron chi connectivity index (χ4n) is 19.6. The lowest BCUT2D eigenvalue weighted by atomic mass is 9.72. The molecule has 0 radical (unpaired) electrons. The minimum Gasteiger partial charge on any atom is -0.455 e. The first kappa shape index (κ1) is 57.0. The number of fused-ring (bicyclic) bond motifs is 29. The van der Waals surface area contributed by atoms with Crippen molar-refractivity contribution in [2.24, 2.45) is 0 Å². The Morgan fingerprint density at radius 3 is 1.26 bits per heavy atom. The molecule has 0 aliphatic heterocycles. The third-order valence-electron chi connectivity index (χ3n) is 24.3. The molecule has 0 saturated carbocycles. The molecule has 0 fully saturated rings. The minimum absolute atomic E-state index is 0.288. The largest absolute Gasteiger partial charge is 0.455 e. The quantitative estimate of drug-likeness (QED) is 0.166. The van der Waals surface area contributed by atoms with Crippen LogP contribution in [-0.4, -0.2) is 4.57 Å². The lowest BCUT2D eigenvalue weighted by Crippen LogP contribution is -2.24. The van der Waals surface area contributed by atoms with Crippen LogP contribution in [0.2, 0.25) is 0 Å². The number of rotatable bonds is 6. The molecule has 4 heterocycles. The Balaban J connectivity index is 0.768. The van der Waals surface area contributed by atoms with Gasteiger partial charge in [-0.15, -0.1) is 0 Å². The summed E-state index contributed by atoms with van der Waals surface area (Å²) in [6.07, 6.45) is 0. The van der Waals surface area contributed by atoms with Crippen molar-refractivity contribution < 1.29 is 13.3 Å². The van der Waals surface area contributed by atoms with E-state index in [4.69, 9.17) is 13.3 Å². The van der Waals surface area contributed by atoms with Crippen molar-refractivity contribution >= 4 is 105 Å². The first-order valence-electron chi connectivity index (χ1n) is 35.6. The van der Waals surface area contributed by atoms with E-state index >= 15 is 0 Å². The van der Waals surface area contributed by atoms with Crippen molar-refractivity contribution in [1.82, 2.24) is 4.57 Å². The molecule has 18 aromatic rings. The van der Waals surface area contributed by atoms with Crippen LogP contribution in [0.25, 0.3) is 160 Å². The highest BCUT2D eigenvalue weighted by Gasteiger charge is 2.49. The Morgan fingerprint density at radius 2 is 0.683 bits per heavy atom. The predicted molar refractivity (Wildman–Crippen MR) is 418 cm³/mol. The molecule has 0 spiro atoms. The highest BCUT2D eigenvalue weighted by molar-refractivity contribution is 6.23. The Bertz CT molecular complexity index is 6760. The highest BCUT2D eigenvalue weighted by Crippen LogP contribution is 2.65. The van der Waals surface area contributed by atoms with Crippen molar-refractivity contribution in [3.63, 3.8) is 0 Å². The van der Waals surface area contributed by atoms with Gasteiger partial charge in [0.05, 0.1) is 11.0 Å². The van der Waals surface area contributed by atoms with Crippen LogP contribution in [-0.2, 0) is 21.7 Å². The molecule has 4 aliphatic rings. The zero-order chi connectivity index (χ0) is 67.5. The van der Waals surface area contributed by atoms with E-state index < -0.39 is 16.2 Å². The van der Waals surface area contributed by atoms with Crippen LogP contribution < -0.4 is 4.90 Å². The standard InChI is InChI=1S/C96H68N2O3/c1-93(2)71-48-56(40-44-62(71)81-74(93)51-68(53-25-11-9-12-26-53)90-84(81)65-31-17-22-36-78(65)99-90)97(58-42-46-64-73(50-58)96(7,8)88-83(64)86-67-33-19-24-38-80(67)101-92(86)87-61-30-15-20-34-70(61)95(5,6)89(87)88)57-41-45-63-72(49-57)94(3,4)75-52-69(91-85(82(63)75)66-32-18-23-37-79(66)100-91)54-39-43-60-59-29-16-21-35-76(59)98(77(60)47-54)55-27-13-10-14-28-55/h9-52H,1-8H3. The van der Waals surface area contributed by atoms with Crippen LogP contribution in [0.4, 0.5) is 17.1 Å². The molecule has 480 valence electrons. The van der Waals surface area contributed by atoms with Gasteiger partial charge in [-0.05, 0) is 186 Å². The third-order valence-corrected chi connectivity index (χ3v) is 24.3. The molecular formula is C96H68N2O3. The van der Waals surface area contributed by atoms with Gasteiger partial charge in [-0.25, -0.2) is 0 Å². The van der Waals surface area contributed by atoms with Crippen LogP contribution in [0.15, 0.2) is 280 Å². The summed E-state index contributed by atoms with van der Waals surface area (Å²) in [6, 6.07) is 99.2. The molecule has 0 atom stereocenters. The Kier molecular flexibility index (Phi) is 11.0. The van der Waals surface area contributed by atoms with Crippen LogP contribution in [0.1, 0.15) is 99.9 Å². The van der Waals surface area contributed by atoms with Gasteiger partial charge in [0, 0.05) is 104 Å². The maximum absolute atomic E-state index is 7.20. The summed E-state index contributed by atoms with van der Waals surface area (Å²) in [7, 11) is 0. The summed E-state index contributed by atoms with van der Waals surface area (Å²) >= 11 is 0. The number of hydrogen-bond acceptors (Lipinski definition) is 4. The number of furan rings is 3. The van der Waals surface area contributed by atoms with Gasteiger partial charge in [0.25, 0.3) is 0 Å². The van der Waals surface area contributed by atoms with Crippen LogP contribution in [0.5, 0.6) is 0 Å². The molecule has 4 aliphatic carbocycles.